The summed E-state index contributed by atoms with van der Waals surface area (Å²) >= 11 is 0. The first-order valence-corrected chi connectivity index (χ1v) is 7.07. The molecule has 110 valence electrons. The van der Waals surface area contributed by atoms with Gasteiger partial charge in [-0.15, -0.1) is 0 Å². The minimum atomic E-state index is 0.254. The van der Waals surface area contributed by atoms with Crippen molar-refractivity contribution in [2.75, 3.05) is 12.3 Å². The number of aryl methyl sites for hydroxylation is 1. The summed E-state index contributed by atoms with van der Waals surface area (Å²) < 4.78 is 0. The molecule has 2 rings (SSSR count). The molecule has 2 heterocycles. The van der Waals surface area contributed by atoms with Gasteiger partial charge in [0.1, 0.15) is 17.7 Å². The second-order valence-corrected chi connectivity index (χ2v) is 6.32. The van der Waals surface area contributed by atoms with Crippen molar-refractivity contribution in [1.29, 1.82) is 0 Å². The van der Waals surface area contributed by atoms with Gasteiger partial charge in [-0.05, 0) is 30.7 Å². The van der Waals surface area contributed by atoms with E-state index in [1.165, 1.54) is 6.33 Å². The monoisotopic (exact) mass is 276 g/mol. The van der Waals surface area contributed by atoms with Crippen LogP contribution >= 0.6 is 0 Å². The molecule has 0 aliphatic rings. The number of anilines is 1. The van der Waals surface area contributed by atoms with Crippen LogP contribution in [0.3, 0.4) is 0 Å². The van der Waals surface area contributed by atoms with Gasteiger partial charge in [0, 0.05) is 6.42 Å². The second-order valence-electron chi connectivity index (χ2n) is 6.32. The van der Waals surface area contributed by atoms with Crippen molar-refractivity contribution in [2.24, 2.45) is 17.1 Å². The summed E-state index contributed by atoms with van der Waals surface area (Å²) in [6.45, 7) is 7.50. The third-order valence-corrected chi connectivity index (χ3v) is 3.84. The molecular weight excluding hydrogens is 252 g/mol. The van der Waals surface area contributed by atoms with E-state index >= 15 is 0 Å². The predicted molar refractivity (Wildman–Crippen MR) is 81.0 cm³/mol. The zero-order chi connectivity index (χ0) is 14.8. The van der Waals surface area contributed by atoms with E-state index in [4.69, 9.17) is 11.5 Å². The Kier molecular flexibility index (Phi) is 4.23. The van der Waals surface area contributed by atoms with Gasteiger partial charge < -0.3 is 16.5 Å². The Morgan fingerprint density at radius 3 is 2.60 bits per heavy atom. The SMILES string of the molecule is CC(C)(C)C(CCN)CCc1nc2ncnc(N)c2[nH]1. The molecule has 0 aliphatic carbocycles. The van der Waals surface area contributed by atoms with Crippen molar-refractivity contribution in [2.45, 2.75) is 40.0 Å². The maximum Gasteiger partial charge on any atom is 0.183 e. The first kappa shape index (κ1) is 14.7. The molecule has 0 bridgehead atoms. The lowest BCUT2D eigenvalue weighted by Gasteiger charge is -2.30. The average molecular weight is 276 g/mol. The molecule has 2 aromatic rings. The van der Waals surface area contributed by atoms with Crippen LogP contribution in [0.5, 0.6) is 0 Å². The van der Waals surface area contributed by atoms with Crippen molar-refractivity contribution in [3.05, 3.63) is 12.2 Å². The van der Waals surface area contributed by atoms with E-state index in [1.807, 2.05) is 0 Å². The Balaban J connectivity index is 2.10. The predicted octanol–water partition coefficient (Wildman–Crippen LogP) is 1.88. The van der Waals surface area contributed by atoms with E-state index in [0.717, 1.165) is 37.1 Å². The van der Waals surface area contributed by atoms with Crippen LogP contribution in [0, 0.1) is 11.3 Å². The molecule has 6 heteroatoms. The summed E-state index contributed by atoms with van der Waals surface area (Å²) in [5, 5.41) is 0. The fourth-order valence-corrected chi connectivity index (χ4v) is 2.54. The van der Waals surface area contributed by atoms with E-state index in [9.17, 15) is 0 Å². The van der Waals surface area contributed by atoms with Gasteiger partial charge in [-0.25, -0.2) is 15.0 Å². The van der Waals surface area contributed by atoms with Crippen LogP contribution in [0.25, 0.3) is 11.2 Å². The number of rotatable bonds is 5. The number of nitrogens with two attached hydrogens (primary N) is 2. The van der Waals surface area contributed by atoms with Gasteiger partial charge in [0.15, 0.2) is 11.5 Å². The van der Waals surface area contributed by atoms with Crippen molar-refractivity contribution >= 4 is 17.0 Å². The highest BCUT2D eigenvalue weighted by molar-refractivity contribution is 5.80. The highest BCUT2D eigenvalue weighted by atomic mass is 15.0. The minimum absolute atomic E-state index is 0.254. The van der Waals surface area contributed by atoms with Crippen LogP contribution in [0.15, 0.2) is 6.33 Å². The Morgan fingerprint density at radius 1 is 1.25 bits per heavy atom. The van der Waals surface area contributed by atoms with E-state index in [-0.39, 0.29) is 5.41 Å². The van der Waals surface area contributed by atoms with Crippen LogP contribution < -0.4 is 11.5 Å². The number of H-pyrrole nitrogens is 1. The zero-order valence-electron chi connectivity index (χ0n) is 12.5. The van der Waals surface area contributed by atoms with Crippen LogP contribution in [0.1, 0.15) is 39.4 Å². The number of aromatic nitrogens is 4. The third kappa shape index (κ3) is 3.25. The summed E-state index contributed by atoms with van der Waals surface area (Å²) in [5.74, 6) is 1.94. The number of fused-ring (bicyclic) bond motifs is 1. The number of hydrogen-bond acceptors (Lipinski definition) is 5. The van der Waals surface area contributed by atoms with Crippen LogP contribution in [-0.2, 0) is 6.42 Å². The number of nitrogens with one attached hydrogen (secondary N) is 1. The number of imidazole rings is 1. The standard InChI is InChI=1S/C14H24N6/c1-14(2,3)9(6-7-15)4-5-10-19-11-12(16)17-8-18-13(11)20-10/h8-9H,4-7,15H2,1-3H3,(H3,16,17,18,19,20). The molecule has 0 saturated carbocycles. The Labute approximate surface area is 119 Å². The smallest absolute Gasteiger partial charge is 0.183 e. The summed E-state index contributed by atoms with van der Waals surface area (Å²) in [6.07, 6.45) is 4.39. The van der Waals surface area contributed by atoms with Crippen molar-refractivity contribution < 1.29 is 0 Å². The Bertz CT molecular complexity index is 569. The third-order valence-electron chi connectivity index (χ3n) is 3.84. The van der Waals surface area contributed by atoms with E-state index < -0.39 is 0 Å². The lowest BCUT2D eigenvalue weighted by Crippen LogP contribution is -2.24. The fraction of sp³-hybridized carbons (Fsp3) is 0.643. The first-order valence-electron chi connectivity index (χ1n) is 7.07. The lowest BCUT2D eigenvalue weighted by atomic mass is 9.76. The largest absolute Gasteiger partial charge is 0.382 e. The number of hydrogen-bond donors (Lipinski definition) is 3. The van der Waals surface area contributed by atoms with Gasteiger partial charge in [-0.3, -0.25) is 0 Å². The average Bonchev–Trinajstić information content (AvgIpc) is 2.77. The Hall–Kier alpha value is -1.69. The van der Waals surface area contributed by atoms with Gasteiger partial charge in [-0.2, -0.15) is 0 Å². The summed E-state index contributed by atoms with van der Waals surface area (Å²) in [4.78, 5) is 15.8. The summed E-state index contributed by atoms with van der Waals surface area (Å²) in [5.41, 5.74) is 13.1. The molecule has 0 aliphatic heterocycles. The molecule has 5 N–H and O–H groups in total. The fourth-order valence-electron chi connectivity index (χ4n) is 2.54. The van der Waals surface area contributed by atoms with Crippen LogP contribution in [0.2, 0.25) is 0 Å². The van der Waals surface area contributed by atoms with Gasteiger partial charge in [0.25, 0.3) is 0 Å². The molecule has 0 aromatic carbocycles. The highest BCUT2D eigenvalue weighted by Gasteiger charge is 2.24. The summed E-state index contributed by atoms with van der Waals surface area (Å²) in [7, 11) is 0. The molecule has 0 radical (unpaired) electrons. The maximum absolute atomic E-state index is 5.80. The number of aromatic amines is 1. The molecule has 20 heavy (non-hydrogen) atoms. The van der Waals surface area contributed by atoms with Crippen LogP contribution in [0.4, 0.5) is 5.82 Å². The molecule has 6 nitrogen and oxygen atoms in total. The molecule has 0 amide bonds. The molecule has 1 atom stereocenters. The van der Waals surface area contributed by atoms with E-state index in [1.54, 1.807) is 0 Å². The number of nitrogens with zero attached hydrogens (tertiary/aromatic N) is 3. The van der Waals surface area contributed by atoms with Gasteiger partial charge in [-0.1, -0.05) is 20.8 Å². The number of nitrogen functional groups attached to an aromatic ring is 1. The van der Waals surface area contributed by atoms with Crippen molar-refractivity contribution in [3.8, 4) is 0 Å². The molecule has 2 aromatic heterocycles. The Morgan fingerprint density at radius 2 is 2.00 bits per heavy atom. The molecule has 0 saturated heterocycles. The van der Waals surface area contributed by atoms with Crippen molar-refractivity contribution in [3.63, 3.8) is 0 Å². The molecule has 1 unspecified atom stereocenters. The van der Waals surface area contributed by atoms with E-state index in [0.29, 0.717) is 17.4 Å². The van der Waals surface area contributed by atoms with Gasteiger partial charge in [0.2, 0.25) is 0 Å². The molecule has 0 spiro atoms. The van der Waals surface area contributed by atoms with Crippen molar-refractivity contribution in [1.82, 2.24) is 19.9 Å². The van der Waals surface area contributed by atoms with Crippen LogP contribution in [-0.4, -0.2) is 26.5 Å². The molecular formula is C14H24N6. The van der Waals surface area contributed by atoms with Gasteiger partial charge >= 0.3 is 0 Å². The quantitative estimate of drug-likeness (QED) is 0.773. The van der Waals surface area contributed by atoms with E-state index in [2.05, 4.69) is 40.7 Å². The maximum atomic E-state index is 5.80. The topological polar surface area (TPSA) is 106 Å². The normalized spacial score (nSPS) is 13.8. The first-order chi connectivity index (χ1) is 9.41. The highest BCUT2D eigenvalue weighted by Crippen LogP contribution is 2.32. The second kappa shape index (κ2) is 5.75. The minimum Gasteiger partial charge on any atom is -0.382 e. The summed E-state index contributed by atoms with van der Waals surface area (Å²) in [6, 6.07) is 0. The lowest BCUT2D eigenvalue weighted by molar-refractivity contribution is 0.214. The molecule has 0 fully saturated rings. The van der Waals surface area contributed by atoms with Gasteiger partial charge in [0.05, 0.1) is 0 Å². The zero-order valence-corrected chi connectivity index (χ0v) is 12.5.